The van der Waals surface area contributed by atoms with Crippen LogP contribution in [0.4, 0.5) is 4.39 Å². The molecule has 0 saturated carbocycles. The Morgan fingerprint density at radius 1 is 1.45 bits per heavy atom. The second-order valence-corrected chi connectivity index (χ2v) is 9.22. The Morgan fingerprint density at radius 3 is 2.60 bits per heavy atom. The number of nitrogens with one attached hydrogen (secondary N) is 1. The number of imidazole rings is 1. The molecule has 2 aromatic rings. The summed E-state index contributed by atoms with van der Waals surface area (Å²) in [4.78, 5) is 2.96. The second kappa shape index (κ2) is 4.92. The fraction of sp³-hybridized carbons (Fsp3) is 0.417. The van der Waals surface area contributed by atoms with Crippen LogP contribution in [0.15, 0.2) is 16.6 Å². The summed E-state index contributed by atoms with van der Waals surface area (Å²) in [5, 5.41) is 0. The van der Waals surface area contributed by atoms with Crippen LogP contribution >= 0.6 is 28.1 Å². The van der Waals surface area contributed by atoms with Gasteiger partial charge in [0.2, 0.25) is 0 Å². The minimum atomic E-state index is -3.27. The zero-order valence-electron chi connectivity index (χ0n) is 11.2. The van der Waals surface area contributed by atoms with Crippen molar-refractivity contribution in [3.8, 4) is 0 Å². The van der Waals surface area contributed by atoms with Gasteiger partial charge >= 0.3 is 0 Å². The van der Waals surface area contributed by atoms with Gasteiger partial charge < -0.3 is 9.55 Å². The van der Waals surface area contributed by atoms with Crippen LogP contribution in [-0.2, 0) is 16.4 Å². The fourth-order valence-electron chi connectivity index (χ4n) is 1.81. The number of benzene rings is 1. The molecule has 0 fully saturated rings. The van der Waals surface area contributed by atoms with Crippen LogP contribution in [-0.4, -0.2) is 29.0 Å². The number of fused-ring (bicyclic) bond motifs is 1. The van der Waals surface area contributed by atoms with Crippen LogP contribution in [0.5, 0.6) is 0 Å². The van der Waals surface area contributed by atoms with Crippen molar-refractivity contribution in [2.75, 3.05) is 6.26 Å². The van der Waals surface area contributed by atoms with Gasteiger partial charge in [0, 0.05) is 18.9 Å². The van der Waals surface area contributed by atoms with E-state index >= 15 is 0 Å². The molecular formula is C12H14BrFN2O2S2. The molecular weight excluding hydrogens is 367 g/mol. The molecule has 0 radical (unpaired) electrons. The molecule has 0 unspecified atom stereocenters. The standard InChI is InChI=1S/C12H14BrFN2O2S2/c1-12(2,20(3,17)18)6-16-10-5-8(14)7(13)4-9(10)15-11(16)19/h4-5H,6H2,1-3H3,(H,15,19). The highest BCUT2D eigenvalue weighted by atomic mass is 79.9. The first kappa shape index (κ1) is 15.7. The monoisotopic (exact) mass is 380 g/mol. The summed E-state index contributed by atoms with van der Waals surface area (Å²) in [6.45, 7) is 3.40. The lowest BCUT2D eigenvalue weighted by molar-refractivity contribution is 0.506. The number of hydrogen-bond acceptors (Lipinski definition) is 3. The van der Waals surface area contributed by atoms with E-state index in [1.165, 1.54) is 12.3 Å². The van der Waals surface area contributed by atoms with Crippen molar-refractivity contribution < 1.29 is 12.8 Å². The molecule has 1 aromatic heterocycles. The van der Waals surface area contributed by atoms with E-state index in [9.17, 15) is 12.8 Å². The third-order valence-corrected chi connectivity index (χ3v) is 6.43. The molecule has 8 heteroatoms. The highest BCUT2D eigenvalue weighted by Crippen LogP contribution is 2.26. The van der Waals surface area contributed by atoms with Crippen molar-refractivity contribution in [1.29, 1.82) is 0 Å². The maximum absolute atomic E-state index is 13.7. The molecule has 0 aliphatic heterocycles. The molecule has 0 saturated heterocycles. The number of hydrogen-bond donors (Lipinski definition) is 1. The van der Waals surface area contributed by atoms with E-state index < -0.39 is 20.4 Å². The lowest BCUT2D eigenvalue weighted by atomic mass is 10.2. The first-order valence-electron chi connectivity index (χ1n) is 5.80. The van der Waals surface area contributed by atoms with Crippen molar-refractivity contribution in [3.63, 3.8) is 0 Å². The van der Waals surface area contributed by atoms with E-state index in [1.807, 2.05) is 0 Å². The zero-order valence-corrected chi connectivity index (χ0v) is 14.4. The summed E-state index contributed by atoms with van der Waals surface area (Å²) in [6.07, 6.45) is 1.18. The summed E-state index contributed by atoms with van der Waals surface area (Å²) >= 11 is 8.31. The van der Waals surface area contributed by atoms with Crippen LogP contribution in [0.25, 0.3) is 11.0 Å². The molecule has 2 rings (SSSR count). The van der Waals surface area contributed by atoms with Crippen molar-refractivity contribution in [3.05, 3.63) is 27.2 Å². The fourth-order valence-corrected chi connectivity index (χ4v) is 2.79. The van der Waals surface area contributed by atoms with Crippen molar-refractivity contribution in [1.82, 2.24) is 9.55 Å². The Hall–Kier alpha value is -0.730. The van der Waals surface area contributed by atoms with Gasteiger partial charge in [0.05, 0.1) is 20.3 Å². The molecule has 0 spiro atoms. The summed E-state index contributed by atoms with van der Waals surface area (Å²) in [5.41, 5.74) is 1.21. The smallest absolute Gasteiger partial charge is 0.178 e. The van der Waals surface area contributed by atoms with Gasteiger partial charge in [-0.2, -0.15) is 0 Å². The van der Waals surface area contributed by atoms with Gasteiger partial charge in [0.1, 0.15) is 5.82 Å². The molecule has 1 N–H and O–H groups in total. The summed E-state index contributed by atoms with van der Waals surface area (Å²) in [6, 6.07) is 2.93. The van der Waals surface area contributed by atoms with Crippen molar-refractivity contribution in [2.45, 2.75) is 25.1 Å². The van der Waals surface area contributed by atoms with E-state index in [4.69, 9.17) is 12.2 Å². The normalized spacial score (nSPS) is 13.1. The van der Waals surface area contributed by atoms with Gasteiger partial charge in [-0.25, -0.2) is 12.8 Å². The molecule has 1 heterocycles. The molecule has 110 valence electrons. The Kier molecular flexibility index (Phi) is 3.85. The van der Waals surface area contributed by atoms with Crippen LogP contribution in [0.3, 0.4) is 0 Å². The number of H-pyrrole nitrogens is 1. The maximum Gasteiger partial charge on any atom is 0.178 e. The summed E-state index contributed by atoms with van der Waals surface area (Å²) in [7, 11) is -3.27. The van der Waals surface area contributed by atoms with Gasteiger partial charge in [-0.1, -0.05) is 0 Å². The first-order valence-corrected chi connectivity index (χ1v) is 8.89. The minimum absolute atomic E-state index is 0.158. The largest absolute Gasteiger partial charge is 0.331 e. The van der Waals surface area contributed by atoms with Crippen LogP contribution in [0, 0.1) is 10.6 Å². The highest BCUT2D eigenvalue weighted by molar-refractivity contribution is 9.10. The third-order valence-electron chi connectivity index (χ3n) is 3.36. The van der Waals surface area contributed by atoms with E-state index in [0.717, 1.165) is 0 Å². The van der Waals surface area contributed by atoms with Crippen molar-refractivity contribution in [2.24, 2.45) is 0 Å². The maximum atomic E-state index is 13.7. The lowest BCUT2D eigenvalue weighted by Gasteiger charge is -2.23. The third kappa shape index (κ3) is 2.68. The van der Waals surface area contributed by atoms with Gasteiger partial charge in [-0.3, -0.25) is 0 Å². The Balaban J connectivity index is 2.64. The van der Waals surface area contributed by atoms with Crippen LogP contribution < -0.4 is 0 Å². The number of aromatic nitrogens is 2. The van der Waals surface area contributed by atoms with E-state index in [1.54, 1.807) is 24.5 Å². The lowest BCUT2D eigenvalue weighted by Crippen LogP contribution is -2.35. The molecule has 4 nitrogen and oxygen atoms in total. The molecule has 0 amide bonds. The predicted molar refractivity (Wildman–Crippen MR) is 83.7 cm³/mol. The van der Waals surface area contributed by atoms with E-state index in [2.05, 4.69) is 20.9 Å². The Morgan fingerprint density at radius 2 is 2.05 bits per heavy atom. The van der Waals surface area contributed by atoms with Crippen LogP contribution in [0.1, 0.15) is 13.8 Å². The summed E-state index contributed by atoms with van der Waals surface area (Å²) in [5.74, 6) is -0.419. The van der Waals surface area contributed by atoms with Gasteiger partial charge in [0.15, 0.2) is 14.6 Å². The highest BCUT2D eigenvalue weighted by Gasteiger charge is 2.31. The minimum Gasteiger partial charge on any atom is -0.331 e. The van der Waals surface area contributed by atoms with Gasteiger partial charge in [0.25, 0.3) is 0 Å². The van der Waals surface area contributed by atoms with E-state index in [0.29, 0.717) is 20.3 Å². The molecule has 0 bridgehead atoms. The summed E-state index contributed by atoms with van der Waals surface area (Å²) < 4.78 is 38.6. The SMILES string of the molecule is CC(C)(Cn1c(=S)[nH]c2cc(Br)c(F)cc21)S(C)(=O)=O. The topological polar surface area (TPSA) is 54.9 Å². The molecule has 1 aromatic carbocycles. The number of rotatable bonds is 3. The molecule has 0 atom stereocenters. The second-order valence-electron chi connectivity index (χ2n) is 5.33. The number of nitrogens with zero attached hydrogens (tertiary/aromatic N) is 1. The quantitative estimate of drug-likeness (QED) is 0.829. The molecule has 0 aliphatic carbocycles. The Labute approximate surface area is 130 Å². The average Bonchev–Trinajstić information content (AvgIpc) is 2.55. The van der Waals surface area contributed by atoms with Gasteiger partial charge in [-0.05, 0) is 48.1 Å². The number of sulfone groups is 1. The number of aromatic amines is 1. The molecule has 0 aliphatic rings. The van der Waals surface area contributed by atoms with Gasteiger partial charge in [-0.15, -0.1) is 0 Å². The average molecular weight is 381 g/mol. The van der Waals surface area contributed by atoms with Crippen molar-refractivity contribution >= 4 is 49.0 Å². The van der Waals surface area contributed by atoms with E-state index in [-0.39, 0.29) is 6.54 Å². The Bertz CT molecular complexity index is 837. The predicted octanol–water partition coefficient (Wildman–Crippen LogP) is 3.42. The van der Waals surface area contributed by atoms with Crippen LogP contribution in [0.2, 0.25) is 0 Å². The first-order chi connectivity index (χ1) is 9.03. The zero-order chi connectivity index (χ0) is 15.3. The molecule has 20 heavy (non-hydrogen) atoms. The number of halogens is 2.